The first-order chi connectivity index (χ1) is 19.9. The molecular weight excluding hydrogens is 556 g/mol. The highest BCUT2D eigenvalue weighted by molar-refractivity contribution is 8.18. The van der Waals surface area contributed by atoms with Gasteiger partial charge in [0.2, 0.25) is 5.91 Å². The van der Waals surface area contributed by atoms with E-state index >= 15 is 0 Å². The lowest BCUT2D eigenvalue weighted by molar-refractivity contribution is -0.136. The minimum atomic E-state index is -0.432. The van der Waals surface area contributed by atoms with Crippen LogP contribution >= 0.6 is 23.4 Å². The summed E-state index contributed by atoms with van der Waals surface area (Å²) in [5, 5.41) is 1.25. The van der Waals surface area contributed by atoms with Gasteiger partial charge < -0.3 is 14.4 Å². The molecule has 4 aromatic rings. The van der Waals surface area contributed by atoms with E-state index < -0.39 is 11.1 Å². The second-order valence-corrected chi connectivity index (χ2v) is 11.6. The Bertz CT molecular complexity index is 1680. The van der Waals surface area contributed by atoms with Crippen molar-refractivity contribution in [2.75, 3.05) is 37.6 Å². The first-order valence-corrected chi connectivity index (χ1v) is 14.7. The molecule has 0 radical (unpaired) electrons. The van der Waals surface area contributed by atoms with Crippen LogP contribution in [-0.4, -0.2) is 64.1 Å². The molecule has 0 aliphatic carbocycles. The monoisotopic (exact) mass is 584 g/mol. The molecule has 1 aromatic heterocycles. The molecule has 2 fully saturated rings. The molecule has 3 heterocycles. The number of aromatic nitrogens is 1. The van der Waals surface area contributed by atoms with Crippen LogP contribution in [0.25, 0.3) is 17.0 Å². The number of rotatable bonds is 6. The summed E-state index contributed by atoms with van der Waals surface area (Å²) in [6.45, 7) is 4.83. The number of carbonyl (C=O) groups is 3. The molecule has 7 nitrogen and oxygen atoms in total. The number of para-hydroxylation sites is 2. The summed E-state index contributed by atoms with van der Waals surface area (Å²) < 4.78 is 2.17. The standard InChI is InChI=1S/C32H29ClN4O3S/c1-22-26(25-12-6-8-14-28(25)36(22)20-23-9-5-7-13-27(23)33)19-29-31(39)37(32(40)41-29)21-30(38)35-17-15-34(16-18-35)24-10-3-2-4-11-24/h2-14,19H,15-18,20-21H2,1H3/b29-19+. The maximum atomic E-state index is 13.4. The highest BCUT2D eigenvalue weighted by Crippen LogP contribution is 2.36. The van der Waals surface area contributed by atoms with Crippen molar-refractivity contribution in [2.45, 2.75) is 13.5 Å². The molecule has 0 atom stereocenters. The van der Waals surface area contributed by atoms with Crippen LogP contribution in [0, 0.1) is 6.92 Å². The van der Waals surface area contributed by atoms with Crippen LogP contribution in [0.15, 0.2) is 83.8 Å². The van der Waals surface area contributed by atoms with Gasteiger partial charge in [-0.25, -0.2) is 0 Å². The number of hydrogen-bond acceptors (Lipinski definition) is 5. The van der Waals surface area contributed by atoms with Crippen molar-refractivity contribution in [3.63, 3.8) is 0 Å². The fourth-order valence-corrected chi connectivity index (χ4v) is 6.51. The number of carbonyl (C=O) groups excluding carboxylic acids is 3. The Morgan fingerprint density at radius 2 is 1.59 bits per heavy atom. The van der Waals surface area contributed by atoms with Crippen molar-refractivity contribution in [1.29, 1.82) is 0 Å². The number of anilines is 1. The molecule has 41 heavy (non-hydrogen) atoms. The van der Waals surface area contributed by atoms with Crippen molar-refractivity contribution in [3.8, 4) is 0 Å². The third-order valence-electron chi connectivity index (χ3n) is 7.76. The maximum absolute atomic E-state index is 13.4. The maximum Gasteiger partial charge on any atom is 0.294 e. The first-order valence-electron chi connectivity index (χ1n) is 13.5. The van der Waals surface area contributed by atoms with Gasteiger partial charge in [-0.15, -0.1) is 0 Å². The van der Waals surface area contributed by atoms with Gasteiger partial charge in [0, 0.05) is 65.6 Å². The molecule has 9 heteroatoms. The SMILES string of the molecule is Cc1c(/C=C2/SC(=O)N(CC(=O)N3CCN(c4ccccc4)CC3)C2=O)c2ccccc2n1Cc1ccccc1Cl. The molecule has 2 aliphatic heterocycles. The quantitative estimate of drug-likeness (QED) is 0.259. The number of thioether (sulfide) groups is 1. The molecule has 2 saturated heterocycles. The molecule has 2 aliphatic rings. The number of amides is 3. The number of nitrogens with zero attached hydrogens (tertiary/aromatic N) is 4. The second kappa shape index (κ2) is 11.5. The number of piperazine rings is 1. The normalized spacial score (nSPS) is 16.8. The Balaban J connectivity index is 1.19. The van der Waals surface area contributed by atoms with Gasteiger partial charge in [0.05, 0.1) is 4.91 Å². The van der Waals surface area contributed by atoms with Crippen LogP contribution < -0.4 is 4.90 Å². The molecule has 0 bridgehead atoms. The van der Waals surface area contributed by atoms with Crippen LogP contribution in [0.5, 0.6) is 0 Å². The van der Waals surface area contributed by atoms with Gasteiger partial charge in [-0.05, 0) is 54.6 Å². The summed E-state index contributed by atoms with van der Waals surface area (Å²) in [6.07, 6.45) is 1.79. The predicted octanol–water partition coefficient (Wildman–Crippen LogP) is 6.04. The third kappa shape index (κ3) is 5.37. The van der Waals surface area contributed by atoms with E-state index in [0.29, 0.717) is 42.7 Å². The van der Waals surface area contributed by atoms with Crippen LogP contribution in [0.4, 0.5) is 10.5 Å². The topological polar surface area (TPSA) is 65.9 Å². The summed E-state index contributed by atoms with van der Waals surface area (Å²) in [7, 11) is 0. The number of imide groups is 1. The zero-order valence-electron chi connectivity index (χ0n) is 22.6. The minimum absolute atomic E-state index is 0.214. The average Bonchev–Trinajstić information content (AvgIpc) is 3.42. The smallest absolute Gasteiger partial charge is 0.294 e. The van der Waals surface area contributed by atoms with E-state index in [1.165, 1.54) is 0 Å². The minimum Gasteiger partial charge on any atom is -0.368 e. The van der Waals surface area contributed by atoms with E-state index in [2.05, 4.69) is 21.6 Å². The summed E-state index contributed by atoms with van der Waals surface area (Å²) in [4.78, 5) is 44.7. The first kappa shape index (κ1) is 27.2. The summed E-state index contributed by atoms with van der Waals surface area (Å²) in [5.74, 6) is -0.646. The zero-order valence-corrected chi connectivity index (χ0v) is 24.2. The van der Waals surface area contributed by atoms with E-state index in [1.54, 1.807) is 11.0 Å². The largest absolute Gasteiger partial charge is 0.368 e. The van der Waals surface area contributed by atoms with Crippen LogP contribution in [0.1, 0.15) is 16.8 Å². The number of fused-ring (bicyclic) bond motifs is 1. The molecule has 6 rings (SSSR count). The summed E-state index contributed by atoms with van der Waals surface area (Å²) in [6, 6.07) is 25.8. The lowest BCUT2D eigenvalue weighted by atomic mass is 10.1. The Kier molecular flexibility index (Phi) is 7.60. The van der Waals surface area contributed by atoms with Gasteiger partial charge in [-0.2, -0.15) is 0 Å². The van der Waals surface area contributed by atoms with E-state index in [-0.39, 0.29) is 12.5 Å². The number of halogens is 1. The lowest BCUT2D eigenvalue weighted by Gasteiger charge is -2.36. The van der Waals surface area contributed by atoms with E-state index in [1.807, 2.05) is 73.7 Å². The van der Waals surface area contributed by atoms with Gasteiger partial charge in [-0.3, -0.25) is 19.3 Å². The number of benzene rings is 3. The molecule has 0 unspecified atom stereocenters. The van der Waals surface area contributed by atoms with E-state index in [9.17, 15) is 14.4 Å². The van der Waals surface area contributed by atoms with Crippen molar-refractivity contribution in [2.24, 2.45) is 0 Å². The Hall–Kier alpha value is -4.01. The Morgan fingerprint density at radius 1 is 0.902 bits per heavy atom. The Labute approximate surface area is 248 Å². The molecule has 3 amide bonds. The number of hydrogen-bond donors (Lipinski definition) is 0. The predicted molar refractivity (Wildman–Crippen MR) is 165 cm³/mol. The van der Waals surface area contributed by atoms with Crippen molar-refractivity contribution < 1.29 is 14.4 Å². The highest BCUT2D eigenvalue weighted by atomic mass is 35.5. The Morgan fingerprint density at radius 3 is 2.34 bits per heavy atom. The molecule has 3 aromatic carbocycles. The molecule has 0 spiro atoms. The average molecular weight is 585 g/mol. The fourth-order valence-electron chi connectivity index (χ4n) is 5.50. The van der Waals surface area contributed by atoms with E-state index in [4.69, 9.17) is 11.6 Å². The highest BCUT2D eigenvalue weighted by Gasteiger charge is 2.38. The van der Waals surface area contributed by atoms with Crippen LogP contribution in [0.3, 0.4) is 0 Å². The molecule has 208 valence electrons. The van der Waals surface area contributed by atoms with Gasteiger partial charge in [-0.1, -0.05) is 66.2 Å². The third-order valence-corrected chi connectivity index (χ3v) is 9.04. The van der Waals surface area contributed by atoms with Gasteiger partial charge in [0.25, 0.3) is 11.1 Å². The lowest BCUT2D eigenvalue weighted by Crippen LogP contribution is -2.51. The molecule has 0 N–H and O–H groups in total. The summed E-state index contributed by atoms with van der Waals surface area (Å²) >= 11 is 7.34. The van der Waals surface area contributed by atoms with Gasteiger partial charge in [0.1, 0.15) is 6.54 Å². The van der Waals surface area contributed by atoms with Crippen LogP contribution in [-0.2, 0) is 16.1 Å². The van der Waals surface area contributed by atoms with Crippen molar-refractivity contribution >= 4 is 63.1 Å². The van der Waals surface area contributed by atoms with Crippen molar-refractivity contribution in [1.82, 2.24) is 14.4 Å². The zero-order chi connectivity index (χ0) is 28.5. The van der Waals surface area contributed by atoms with Gasteiger partial charge >= 0.3 is 0 Å². The van der Waals surface area contributed by atoms with Crippen molar-refractivity contribution in [3.05, 3.63) is 106 Å². The molecular formula is C32H29ClN4O3S. The summed E-state index contributed by atoms with van der Waals surface area (Å²) in [5.41, 5.74) is 4.97. The van der Waals surface area contributed by atoms with E-state index in [0.717, 1.165) is 50.1 Å². The molecule has 0 saturated carbocycles. The van der Waals surface area contributed by atoms with Gasteiger partial charge in [0.15, 0.2) is 0 Å². The van der Waals surface area contributed by atoms with Crippen LogP contribution in [0.2, 0.25) is 5.02 Å². The fraction of sp³-hybridized carbons (Fsp3) is 0.219. The second-order valence-electron chi connectivity index (χ2n) is 10.2.